The molecule has 1 atom stereocenters. The van der Waals surface area contributed by atoms with E-state index in [1.165, 1.54) is 19.3 Å². The van der Waals surface area contributed by atoms with Crippen molar-refractivity contribution in [2.24, 2.45) is 23.2 Å². The molecule has 2 N–H and O–H groups in total. The number of likely N-dealkylation sites (tertiary alicyclic amines) is 1. The van der Waals surface area contributed by atoms with E-state index in [0.29, 0.717) is 43.0 Å². The van der Waals surface area contributed by atoms with Crippen LogP contribution in [0.15, 0.2) is 16.5 Å². The lowest BCUT2D eigenvalue weighted by molar-refractivity contribution is -0.160. The lowest BCUT2D eigenvalue weighted by Crippen LogP contribution is -2.58. The van der Waals surface area contributed by atoms with Gasteiger partial charge >= 0.3 is 5.91 Å². The Hall–Kier alpha value is -2.35. The molecule has 1 unspecified atom stereocenters. The van der Waals surface area contributed by atoms with E-state index in [2.05, 4.69) is 29.6 Å². The van der Waals surface area contributed by atoms with Gasteiger partial charge in [0.25, 0.3) is 5.91 Å². The van der Waals surface area contributed by atoms with Gasteiger partial charge in [-0.1, -0.05) is 13.8 Å². The first-order chi connectivity index (χ1) is 16.4. The Morgan fingerprint density at radius 3 is 2.29 bits per heavy atom. The summed E-state index contributed by atoms with van der Waals surface area (Å²) in [5.41, 5.74) is 4.78. The van der Waals surface area contributed by atoms with Gasteiger partial charge in [0.2, 0.25) is 5.91 Å². The molecule has 1 saturated heterocycles. The number of amides is 3. The molecule has 0 spiro atoms. The second-order valence-corrected chi connectivity index (χ2v) is 11.0. The predicted octanol–water partition coefficient (Wildman–Crippen LogP) is 3.09. The van der Waals surface area contributed by atoms with Crippen LogP contribution in [0.5, 0.6) is 0 Å². The third-order valence-electron chi connectivity index (χ3n) is 8.77. The molecule has 186 valence electrons. The summed E-state index contributed by atoms with van der Waals surface area (Å²) in [7, 11) is 0. The Balaban J connectivity index is 1.18. The molecule has 3 amide bonds. The van der Waals surface area contributed by atoms with E-state index in [4.69, 9.17) is 4.42 Å². The first-order valence-electron chi connectivity index (χ1n) is 13.1. The molecule has 4 bridgehead atoms. The minimum atomic E-state index is -0.518. The highest BCUT2D eigenvalue weighted by Gasteiger charge is 2.56. The smallest absolute Gasteiger partial charge is 0.305 e. The van der Waals surface area contributed by atoms with Crippen LogP contribution in [-0.4, -0.2) is 53.2 Å². The van der Waals surface area contributed by atoms with Crippen LogP contribution < -0.4 is 10.9 Å². The maximum Gasteiger partial charge on any atom is 0.305 e. The van der Waals surface area contributed by atoms with Crippen LogP contribution in [0.2, 0.25) is 0 Å². The molecule has 4 saturated carbocycles. The minimum absolute atomic E-state index is 0.162. The Bertz CT molecular complexity index is 902. The summed E-state index contributed by atoms with van der Waals surface area (Å²) in [4.78, 5) is 43.3. The Kier molecular flexibility index (Phi) is 6.44. The van der Waals surface area contributed by atoms with Gasteiger partial charge in [0, 0.05) is 6.54 Å². The summed E-state index contributed by atoms with van der Waals surface area (Å²) in [5.74, 6) is 2.30. The van der Waals surface area contributed by atoms with E-state index in [-0.39, 0.29) is 23.0 Å². The number of furan rings is 1. The molecule has 1 aromatic heterocycles. The highest BCUT2D eigenvalue weighted by molar-refractivity contribution is 5.95. The van der Waals surface area contributed by atoms with Crippen LogP contribution in [0.1, 0.15) is 81.5 Å². The van der Waals surface area contributed by atoms with Crippen molar-refractivity contribution in [1.29, 1.82) is 0 Å². The second kappa shape index (κ2) is 9.36. The highest BCUT2D eigenvalue weighted by atomic mass is 16.4. The van der Waals surface area contributed by atoms with Crippen molar-refractivity contribution in [3.05, 3.63) is 23.7 Å². The monoisotopic (exact) mass is 470 g/mol. The van der Waals surface area contributed by atoms with Crippen molar-refractivity contribution >= 4 is 17.7 Å². The maximum atomic E-state index is 13.8. The van der Waals surface area contributed by atoms with Crippen molar-refractivity contribution in [3.8, 4) is 0 Å². The molecule has 2 heterocycles. The Labute approximate surface area is 201 Å². The summed E-state index contributed by atoms with van der Waals surface area (Å²) in [6, 6.07) is 2.90. The zero-order valence-corrected chi connectivity index (χ0v) is 20.5. The first-order valence-corrected chi connectivity index (χ1v) is 13.1. The molecule has 6 rings (SSSR count). The van der Waals surface area contributed by atoms with E-state index in [0.717, 1.165) is 38.8 Å². The number of rotatable bonds is 7. The van der Waals surface area contributed by atoms with Crippen LogP contribution in [0.25, 0.3) is 0 Å². The van der Waals surface area contributed by atoms with Gasteiger partial charge in [-0.25, -0.2) is 0 Å². The van der Waals surface area contributed by atoms with Crippen molar-refractivity contribution < 1.29 is 18.8 Å². The minimum Gasteiger partial charge on any atom is -0.454 e. The lowest BCUT2D eigenvalue weighted by Gasteiger charge is -2.56. The summed E-state index contributed by atoms with van der Waals surface area (Å²) in [5, 5.41) is 0. The molecule has 34 heavy (non-hydrogen) atoms. The molecule has 4 aliphatic carbocycles. The van der Waals surface area contributed by atoms with Crippen LogP contribution >= 0.6 is 0 Å². The fraction of sp³-hybridized carbons (Fsp3) is 0.731. The first kappa shape index (κ1) is 23.4. The Morgan fingerprint density at radius 2 is 1.68 bits per heavy atom. The van der Waals surface area contributed by atoms with Crippen LogP contribution in [0, 0.1) is 23.2 Å². The van der Waals surface area contributed by atoms with E-state index >= 15 is 0 Å². The fourth-order valence-electron chi connectivity index (χ4n) is 7.48. The molecular formula is C26H38N4O4. The predicted molar refractivity (Wildman–Crippen MR) is 126 cm³/mol. The quantitative estimate of drug-likeness (QED) is 0.597. The van der Waals surface area contributed by atoms with Crippen molar-refractivity contribution in [2.45, 2.75) is 77.8 Å². The largest absolute Gasteiger partial charge is 0.454 e. The number of carbonyl (C=O) groups is 3. The molecule has 0 radical (unpaired) electrons. The third-order valence-corrected chi connectivity index (χ3v) is 8.77. The molecule has 5 aliphatic rings. The van der Waals surface area contributed by atoms with Crippen LogP contribution in [0.3, 0.4) is 0 Å². The molecule has 5 fully saturated rings. The number of hydrogen-bond donors (Lipinski definition) is 2. The van der Waals surface area contributed by atoms with Gasteiger partial charge in [0.15, 0.2) is 5.76 Å². The average Bonchev–Trinajstić information content (AvgIpc) is 3.49. The lowest BCUT2D eigenvalue weighted by atomic mass is 9.49. The third kappa shape index (κ3) is 4.37. The van der Waals surface area contributed by atoms with Crippen LogP contribution in [-0.2, 0) is 16.1 Å². The molecule has 8 nitrogen and oxygen atoms in total. The molecule has 1 aromatic rings. The molecular weight excluding hydrogens is 432 g/mol. The highest BCUT2D eigenvalue weighted by Crippen LogP contribution is 2.60. The van der Waals surface area contributed by atoms with E-state index < -0.39 is 11.9 Å². The van der Waals surface area contributed by atoms with Gasteiger partial charge in [-0.15, -0.1) is 0 Å². The number of nitrogens with one attached hydrogen (secondary N) is 2. The second-order valence-electron chi connectivity index (χ2n) is 11.0. The summed E-state index contributed by atoms with van der Waals surface area (Å²) in [6.45, 7) is 7.21. The van der Waals surface area contributed by atoms with Crippen molar-refractivity contribution in [2.75, 3.05) is 19.6 Å². The SMILES string of the molecule is CCN(CC)Cc1ccc(C(=O)NNC(=O)C2CCCN2C(=O)C23CC4CC(CC(C4)C2)C3)o1. The zero-order chi connectivity index (χ0) is 23.9. The summed E-state index contributed by atoms with van der Waals surface area (Å²) in [6.07, 6.45) is 8.28. The number of hydrazine groups is 1. The van der Waals surface area contributed by atoms with Gasteiger partial charge in [-0.2, -0.15) is 0 Å². The summed E-state index contributed by atoms with van der Waals surface area (Å²) < 4.78 is 5.66. The standard InChI is InChI=1S/C26H38N4O4/c1-3-29(4-2)16-20-7-8-22(34-20)24(32)28-27-23(31)21-6-5-9-30(21)25(33)26-13-17-10-18(14-26)12-19(11-17)15-26/h7-8,17-19,21H,3-6,9-16H2,1-2H3,(H,27,31)(H,28,32). The van der Waals surface area contributed by atoms with Gasteiger partial charge in [-0.05, 0) is 94.3 Å². The zero-order valence-electron chi connectivity index (χ0n) is 20.5. The number of nitrogens with zero attached hydrogens (tertiary/aromatic N) is 2. The topological polar surface area (TPSA) is 94.9 Å². The fourth-order valence-corrected chi connectivity index (χ4v) is 7.48. The number of hydrogen-bond acceptors (Lipinski definition) is 5. The molecule has 8 heteroatoms. The van der Waals surface area contributed by atoms with E-state index in [1.807, 2.05) is 4.90 Å². The van der Waals surface area contributed by atoms with Crippen molar-refractivity contribution in [3.63, 3.8) is 0 Å². The molecule has 1 aliphatic heterocycles. The summed E-state index contributed by atoms with van der Waals surface area (Å²) >= 11 is 0. The van der Waals surface area contributed by atoms with Gasteiger partial charge in [0.1, 0.15) is 11.8 Å². The molecule has 0 aromatic carbocycles. The normalized spacial score (nSPS) is 31.8. The van der Waals surface area contributed by atoms with E-state index in [1.54, 1.807) is 12.1 Å². The van der Waals surface area contributed by atoms with Crippen LogP contribution in [0.4, 0.5) is 0 Å². The van der Waals surface area contributed by atoms with Gasteiger partial charge < -0.3 is 9.32 Å². The van der Waals surface area contributed by atoms with Gasteiger partial charge in [-0.3, -0.25) is 30.1 Å². The number of carbonyl (C=O) groups excluding carboxylic acids is 3. The maximum absolute atomic E-state index is 13.8. The average molecular weight is 471 g/mol. The van der Waals surface area contributed by atoms with Gasteiger partial charge in [0.05, 0.1) is 12.0 Å². The van der Waals surface area contributed by atoms with E-state index in [9.17, 15) is 14.4 Å². The Morgan fingerprint density at radius 1 is 1.03 bits per heavy atom. The van der Waals surface area contributed by atoms with Crippen molar-refractivity contribution in [1.82, 2.24) is 20.7 Å².